The molecular weight excluding hydrogens is 356 g/mol. The molecule has 3 nitrogen and oxygen atoms in total. The zero-order valence-electron chi connectivity index (χ0n) is 18.0. The van der Waals surface area contributed by atoms with Crippen molar-refractivity contribution in [2.24, 2.45) is 5.92 Å². The van der Waals surface area contributed by atoms with Crippen molar-refractivity contribution >= 4 is 5.91 Å². The fraction of sp³-hybridized carbons (Fsp3) is 0.577. The summed E-state index contributed by atoms with van der Waals surface area (Å²) in [5, 5.41) is 0. The van der Waals surface area contributed by atoms with E-state index in [0.717, 1.165) is 25.9 Å². The lowest BCUT2D eigenvalue weighted by Crippen LogP contribution is -2.44. The number of hydrogen-bond donors (Lipinski definition) is 0. The van der Waals surface area contributed by atoms with Crippen LogP contribution in [0.3, 0.4) is 0 Å². The summed E-state index contributed by atoms with van der Waals surface area (Å²) in [7, 11) is 0. The summed E-state index contributed by atoms with van der Waals surface area (Å²) < 4.78 is 2.33. The van der Waals surface area contributed by atoms with Crippen molar-refractivity contribution in [1.82, 2.24) is 9.47 Å². The number of carbonyl (C=O) groups is 1. The van der Waals surface area contributed by atoms with E-state index in [9.17, 15) is 4.79 Å². The molecule has 0 saturated heterocycles. The minimum Gasteiger partial charge on any atom is -0.345 e. The maximum atomic E-state index is 13.6. The van der Waals surface area contributed by atoms with Gasteiger partial charge in [0.15, 0.2) is 0 Å². The molecule has 2 fully saturated rings. The van der Waals surface area contributed by atoms with Gasteiger partial charge in [0.05, 0.1) is 6.54 Å². The molecule has 0 radical (unpaired) electrons. The lowest BCUT2D eigenvalue weighted by molar-refractivity contribution is -0.140. The normalized spacial score (nSPS) is 18.7. The molecule has 2 aliphatic carbocycles. The van der Waals surface area contributed by atoms with Gasteiger partial charge in [0.1, 0.15) is 0 Å². The summed E-state index contributed by atoms with van der Waals surface area (Å²) in [6, 6.07) is 13.5. The average molecular weight is 393 g/mol. The summed E-state index contributed by atoms with van der Waals surface area (Å²) in [5.41, 5.74) is 3.89. The third-order valence-electron chi connectivity index (χ3n) is 6.94. The van der Waals surface area contributed by atoms with Gasteiger partial charge in [0.25, 0.3) is 0 Å². The van der Waals surface area contributed by atoms with Crippen molar-refractivity contribution in [2.45, 2.75) is 90.3 Å². The molecule has 3 heteroatoms. The van der Waals surface area contributed by atoms with Crippen molar-refractivity contribution in [1.29, 1.82) is 0 Å². The highest BCUT2D eigenvalue weighted by Gasteiger charge is 2.31. The van der Waals surface area contributed by atoms with E-state index in [4.69, 9.17) is 0 Å². The van der Waals surface area contributed by atoms with Gasteiger partial charge in [-0.15, -0.1) is 0 Å². The van der Waals surface area contributed by atoms with E-state index in [2.05, 4.69) is 59.0 Å². The van der Waals surface area contributed by atoms with E-state index in [0.29, 0.717) is 11.9 Å². The summed E-state index contributed by atoms with van der Waals surface area (Å²) in [5.74, 6) is 0.686. The van der Waals surface area contributed by atoms with Gasteiger partial charge in [-0.05, 0) is 50.3 Å². The molecule has 4 rings (SSSR count). The quantitative estimate of drug-likeness (QED) is 0.584. The van der Waals surface area contributed by atoms with Crippen molar-refractivity contribution in [3.05, 3.63) is 59.4 Å². The second kappa shape index (κ2) is 9.65. The number of hydrogen-bond acceptors (Lipinski definition) is 1. The van der Waals surface area contributed by atoms with Gasteiger partial charge in [0, 0.05) is 30.4 Å². The fourth-order valence-corrected chi connectivity index (χ4v) is 5.29. The number of amides is 1. The lowest BCUT2D eigenvalue weighted by Gasteiger charge is -2.37. The molecule has 156 valence electrons. The third kappa shape index (κ3) is 5.12. The molecular formula is C26H36N2O. The molecule has 0 unspecified atom stereocenters. The van der Waals surface area contributed by atoms with Crippen molar-refractivity contribution < 1.29 is 4.79 Å². The number of aryl methyl sites for hydroxylation is 1. The highest BCUT2D eigenvalue weighted by molar-refractivity contribution is 5.79. The Balaban J connectivity index is 1.53. The Morgan fingerprint density at radius 2 is 1.69 bits per heavy atom. The number of carbonyl (C=O) groups excluding carboxylic acids is 1. The Kier molecular flexibility index (Phi) is 6.74. The van der Waals surface area contributed by atoms with Crippen molar-refractivity contribution in [3.63, 3.8) is 0 Å². The van der Waals surface area contributed by atoms with E-state index in [-0.39, 0.29) is 5.92 Å². The van der Waals surface area contributed by atoms with Gasteiger partial charge in [-0.25, -0.2) is 0 Å². The molecule has 29 heavy (non-hydrogen) atoms. The van der Waals surface area contributed by atoms with Crippen LogP contribution in [0.15, 0.2) is 42.6 Å². The first-order valence-electron chi connectivity index (χ1n) is 11.7. The maximum Gasteiger partial charge on any atom is 0.226 e. The van der Waals surface area contributed by atoms with Crippen LogP contribution in [0.5, 0.6) is 0 Å². The largest absolute Gasteiger partial charge is 0.345 e. The van der Waals surface area contributed by atoms with Crippen LogP contribution >= 0.6 is 0 Å². The van der Waals surface area contributed by atoms with Crippen LogP contribution < -0.4 is 0 Å². The first-order valence-corrected chi connectivity index (χ1v) is 11.7. The Morgan fingerprint density at radius 3 is 2.41 bits per heavy atom. The molecule has 2 saturated carbocycles. The standard InChI is InChI=1S/C26H36N2O/c1-21-10-8-11-22(18-21)19-27-17-9-16-25(27)20-28(24-14-6-3-7-15-24)26(29)23-12-4-2-5-13-23/h8-11,16-18,23-24H,2-7,12-15,19-20H2,1H3. The predicted octanol–water partition coefficient (Wildman–Crippen LogP) is 6.09. The average Bonchev–Trinajstić information content (AvgIpc) is 3.19. The van der Waals surface area contributed by atoms with Gasteiger partial charge in [0.2, 0.25) is 5.91 Å². The maximum absolute atomic E-state index is 13.6. The van der Waals surface area contributed by atoms with E-state index in [1.54, 1.807) is 0 Å². The molecule has 0 aliphatic heterocycles. The molecule has 2 aromatic rings. The molecule has 0 spiro atoms. The summed E-state index contributed by atoms with van der Waals surface area (Å²) >= 11 is 0. The van der Waals surface area contributed by atoms with Gasteiger partial charge in [-0.1, -0.05) is 68.4 Å². The van der Waals surface area contributed by atoms with Crippen LogP contribution in [0.4, 0.5) is 0 Å². The van der Waals surface area contributed by atoms with Crippen LogP contribution in [-0.4, -0.2) is 21.4 Å². The number of benzene rings is 1. The summed E-state index contributed by atoms with van der Waals surface area (Å²) in [4.78, 5) is 15.8. The predicted molar refractivity (Wildman–Crippen MR) is 119 cm³/mol. The van der Waals surface area contributed by atoms with Gasteiger partial charge in [-0.3, -0.25) is 4.79 Å². The van der Waals surface area contributed by atoms with E-state index in [1.807, 2.05) is 0 Å². The minimum absolute atomic E-state index is 0.255. The first-order chi connectivity index (χ1) is 14.2. The van der Waals surface area contributed by atoms with Crippen LogP contribution in [0.25, 0.3) is 0 Å². The van der Waals surface area contributed by atoms with Crippen molar-refractivity contribution in [3.8, 4) is 0 Å². The molecule has 0 N–H and O–H groups in total. The monoisotopic (exact) mass is 392 g/mol. The second-order valence-corrected chi connectivity index (χ2v) is 9.21. The third-order valence-corrected chi connectivity index (χ3v) is 6.94. The number of aromatic nitrogens is 1. The smallest absolute Gasteiger partial charge is 0.226 e. The van der Waals surface area contributed by atoms with Crippen molar-refractivity contribution in [2.75, 3.05) is 0 Å². The molecule has 1 aromatic heterocycles. The SMILES string of the molecule is Cc1cccc(Cn2cccc2CN(C(=O)C2CCCCC2)C2CCCCC2)c1. The Morgan fingerprint density at radius 1 is 0.966 bits per heavy atom. The molecule has 2 aliphatic rings. The first kappa shape index (κ1) is 20.3. The van der Waals surface area contributed by atoms with Crippen LogP contribution in [0, 0.1) is 12.8 Å². The van der Waals surface area contributed by atoms with Crippen LogP contribution in [-0.2, 0) is 17.9 Å². The fourth-order valence-electron chi connectivity index (χ4n) is 5.29. The zero-order valence-corrected chi connectivity index (χ0v) is 18.0. The minimum atomic E-state index is 0.255. The Labute approximate surface area is 176 Å². The van der Waals surface area contributed by atoms with Crippen LogP contribution in [0.2, 0.25) is 0 Å². The van der Waals surface area contributed by atoms with E-state index < -0.39 is 0 Å². The highest BCUT2D eigenvalue weighted by Crippen LogP contribution is 2.30. The number of nitrogens with zero attached hydrogens (tertiary/aromatic N) is 2. The van der Waals surface area contributed by atoms with Gasteiger partial charge >= 0.3 is 0 Å². The lowest BCUT2D eigenvalue weighted by atomic mass is 9.86. The summed E-state index contributed by atoms with van der Waals surface area (Å²) in [6.07, 6.45) is 14.3. The Bertz CT molecular complexity index is 797. The molecule has 1 amide bonds. The zero-order chi connectivity index (χ0) is 20.1. The topological polar surface area (TPSA) is 25.2 Å². The van der Waals surface area contributed by atoms with Gasteiger partial charge in [-0.2, -0.15) is 0 Å². The molecule has 0 bridgehead atoms. The highest BCUT2D eigenvalue weighted by atomic mass is 16.2. The molecule has 1 heterocycles. The Hall–Kier alpha value is -2.03. The van der Waals surface area contributed by atoms with Gasteiger partial charge < -0.3 is 9.47 Å². The second-order valence-electron chi connectivity index (χ2n) is 9.21. The van der Waals surface area contributed by atoms with E-state index >= 15 is 0 Å². The molecule has 1 aromatic carbocycles. The molecule has 0 atom stereocenters. The van der Waals surface area contributed by atoms with E-state index in [1.165, 1.54) is 68.2 Å². The summed E-state index contributed by atoms with van der Waals surface area (Å²) in [6.45, 7) is 3.78. The van der Waals surface area contributed by atoms with Crippen LogP contribution in [0.1, 0.15) is 81.0 Å². The number of rotatable bonds is 6.